The Hall–Kier alpha value is -2.60. The summed E-state index contributed by atoms with van der Waals surface area (Å²) in [5.74, 6) is 2.95. The summed E-state index contributed by atoms with van der Waals surface area (Å²) < 4.78 is 10.9. The summed E-state index contributed by atoms with van der Waals surface area (Å²) in [4.78, 5) is 14.6. The molecule has 1 aromatic heterocycles. The molecule has 2 aliphatic heterocycles. The quantitative estimate of drug-likeness (QED) is 0.845. The Morgan fingerprint density at radius 2 is 1.93 bits per heavy atom. The number of nitrogens with one attached hydrogen (secondary N) is 1. The Bertz CT molecular complexity index is 850. The van der Waals surface area contributed by atoms with Gasteiger partial charge in [-0.2, -0.15) is 5.10 Å². The minimum absolute atomic E-state index is 0.0613. The molecule has 6 nitrogen and oxygen atoms in total. The van der Waals surface area contributed by atoms with E-state index in [-0.39, 0.29) is 11.9 Å². The van der Waals surface area contributed by atoms with Gasteiger partial charge in [0.2, 0.25) is 0 Å². The fraction of sp³-hybridized carbons (Fsp3) is 0.478. The van der Waals surface area contributed by atoms with Gasteiger partial charge in [-0.3, -0.25) is 4.79 Å². The standard InChI is InChI=1S/C23H29N3O3/c1-16-11-17(2)14-25(13-16)15-23(27)26-21(22-5-4-10-29-22)12-20(24-26)18-6-8-19(28-3)9-7-18/h4-10,16-17,21H,11-15H2,1-3H3/p+1/t16-,17-,21-/m0/s1. The van der Waals surface area contributed by atoms with E-state index >= 15 is 0 Å². The number of benzene rings is 1. The Morgan fingerprint density at radius 1 is 1.21 bits per heavy atom. The summed E-state index contributed by atoms with van der Waals surface area (Å²) in [5, 5.41) is 6.39. The second-order valence-corrected chi connectivity index (χ2v) is 8.53. The zero-order valence-electron chi connectivity index (χ0n) is 17.4. The van der Waals surface area contributed by atoms with Crippen molar-refractivity contribution in [2.24, 2.45) is 16.9 Å². The SMILES string of the molecule is COc1ccc(C2=NN(C(=O)C[NH+]3C[C@@H](C)C[C@H](C)C3)[C@H](c3ccco3)C2)cc1. The van der Waals surface area contributed by atoms with Gasteiger partial charge in [0, 0.05) is 18.3 Å². The molecule has 2 aromatic rings. The van der Waals surface area contributed by atoms with Gasteiger partial charge >= 0.3 is 0 Å². The van der Waals surface area contributed by atoms with Crippen LogP contribution in [0, 0.1) is 11.8 Å². The first-order valence-corrected chi connectivity index (χ1v) is 10.4. The topological polar surface area (TPSA) is 59.5 Å². The van der Waals surface area contributed by atoms with Crippen LogP contribution in [0.2, 0.25) is 0 Å². The molecule has 2 aliphatic rings. The van der Waals surface area contributed by atoms with Crippen molar-refractivity contribution in [1.82, 2.24) is 5.01 Å². The van der Waals surface area contributed by atoms with Crippen molar-refractivity contribution < 1.29 is 18.8 Å². The van der Waals surface area contributed by atoms with Crippen LogP contribution in [0.15, 0.2) is 52.2 Å². The van der Waals surface area contributed by atoms with E-state index in [1.54, 1.807) is 18.4 Å². The number of hydrogen-bond donors (Lipinski definition) is 1. The van der Waals surface area contributed by atoms with E-state index in [4.69, 9.17) is 14.3 Å². The molecule has 3 atom stereocenters. The van der Waals surface area contributed by atoms with Crippen molar-refractivity contribution in [3.63, 3.8) is 0 Å². The van der Waals surface area contributed by atoms with Crippen LogP contribution in [-0.2, 0) is 4.79 Å². The van der Waals surface area contributed by atoms with Gasteiger partial charge < -0.3 is 14.1 Å². The number of ether oxygens (including phenoxy) is 1. The Balaban J connectivity index is 1.55. The second-order valence-electron chi connectivity index (χ2n) is 8.53. The van der Waals surface area contributed by atoms with Gasteiger partial charge in [0.25, 0.3) is 5.91 Å². The van der Waals surface area contributed by atoms with E-state index in [1.165, 1.54) is 11.3 Å². The molecule has 0 bridgehead atoms. The minimum atomic E-state index is -0.186. The first kappa shape index (κ1) is 19.7. The van der Waals surface area contributed by atoms with Gasteiger partial charge in [-0.25, -0.2) is 5.01 Å². The maximum absolute atomic E-state index is 13.2. The zero-order chi connectivity index (χ0) is 20.4. The molecule has 4 rings (SSSR count). The average Bonchev–Trinajstić information content (AvgIpc) is 3.37. The van der Waals surface area contributed by atoms with Crippen LogP contribution in [0.5, 0.6) is 5.75 Å². The number of quaternary nitrogens is 1. The maximum atomic E-state index is 13.2. The molecule has 154 valence electrons. The summed E-state index contributed by atoms with van der Waals surface area (Å²) in [6.07, 6.45) is 3.55. The molecule has 0 aliphatic carbocycles. The molecule has 1 amide bonds. The van der Waals surface area contributed by atoms with Crippen molar-refractivity contribution in [3.8, 4) is 5.75 Å². The first-order chi connectivity index (χ1) is 14.0. The molecular weight excluding hydrogens is 366 g/mol. The number of carbonyl (C=O) groups is 1. The number of hydrazone groups is 1. The van der Waals surface area contributed by atoms with E-state index in [0.29, 0.717) is 24.8 Å². The number of furan rings is 1. The first-order valence-electron chi connectivity index (χ1n) is 10.4. The fourth-order valence-electron chi connectivity index (χ4n) is 4.76. The molecular formula is C23H30N3O3+. The molecule has 6 heteroatoms. The van der Waals surface area contributed by atoms with Crippen molar-refractivity contribution in [2.75, 3.05) is 26.7 Å². The van der Waals surface area contributed by atoms with Crippen molar-refractivity contribution in [1.29, 1.82) is 0 Å². The lowest BCUT2D eigenvalue weighted by Gasteiger charge is -2.32. The van der Waals surface area contributed by atoms with E-state index in [9.17, 15) is 4.79 Å². The Kier molecular flexibility index (Phi) is 5.72. The molecule has 1 saturated heterocycles. The summed E-state index contributed by atoms with van der Waals surface area (Å²) in [6, 6.07) is 11.4. The van der Waals surface area contributed by atoms with Gasteiger partial charge in [0.15, 0.2) is 6.54 Å². The lowest BCUT2D eigenvalue weighted by atomic mass is 9.92. The van der Waals surface area contributed by atoms with Gasteiger partial charge in [0.05, 0.1) is 32.2 Å². The smallest absolute Gasteiger partial charge is 0.298 e. The number of piperidine rings is 1. The molecule has 0 saturated carbocycles. The molecule has 1 N–H and O–H groups in total. The largest absolute Gasteiger partial charge is 0.497 e. The third kappa shape index (κ3) is 4.37. The van der Waals surface area contributed by atoms with Gasteiger partial charge in [-0.1, -0.05) is 13.8 Å². The number of methoxy groups -OCH3 is 1. The zero-order valence-corrected chi connectivity index (χ0v) is 17.4. The highest BCUT2D eigenvalue weighted by Crippen LogP contribution is 2.33. The lowest BCUT2D eigenvalue weighted by molar-refractivity contribution is -0.904. The minimum Gasteiger partial charge on any atom is -0.497 e. The second kappa shape index (κ2) is 8.41. The molecule has 1 aromatic carbocycles. The maximum Gasteiger partial charge on any atom is 0.298 e. The molecule has 0 spiro atoms. The van der Waals surface area contributed by atoms with Crippen LogP contribution in [0.4, 0.5) is 0 Å². The average molecular weight is 397 g/mol. The summed E-state index contributed by atoms with van der Waals surface area (Å²) in [6.45, 7) is 7.13. The number of rotatable bonds is 5. The predicted octanol–water partition coefficient (Wildman–Crippen LogP) is 2.53. The lowest BCUT2D eigenvalue weighted by Crippen LogP contribution is -3.15. The number of likely N-dealkylation sites (tertiary alicyclic amines) is 1. The molecule has 3 heterocycles. The van der Waals surface area contributed by atoms with E-state index in [1.807, 2.05) is 36.4 Å². The highest BCUT2D eigenvalue weighted by Gasteiger charge is 2.37. The van der Waals surface area contributed by atoms with E-state index in [0.717, 1.165) is 35.9 Å². The highest BCUT2D eigenvalue weighted by molar-refractivity contribution is 6.03. The van der Waals surface area contributed by atoms with Crippen molar-refractivity contribution >= 4 is 11.6 Å². The van der Waals surface area contributed by atoms with Crippen LogP contribution >= 0.6 is 0 Å². The fourth-order valence-corrected chi connectivity index (χ4v) is 4.76. The van der Waals surface area contributed by atoms with Crippen molar-refractivity contribution in [2.45, 2.75) is 32.7 Å². The predicted molar refractivity (Wildman–Crippen MR) is 111 cm³/mol. The third-order valence-corrected chi connectivity index (χ3v) is 5.94. The Morgan fingerprint density at radius 3 is 2.55 bits per heavy atom. The van der Waals surface area contributed by atoms with Crippen LogP contribution in [0.25, 0.3) is 0 Å². The molecule has 29 heavy (non-hydrogen) atoms. The summed E-state index contributed by atoms with van der Waals surface area (Å²) in [5.41, 5.74) is 1.91. The Labute approximate surface area is 172 Å². The highest BCUT2D eigenvalue weighted by atomic mass is 16.5. The van der Waals surface area contributed by atoms with Crippen LogP contribution in [-0.4, -0.2) is 43.4 Å². The number of amides is 1. The van der Waals surface area contributed by atoms with E-state index in [2.05, 4.69) is 13.8 Å². The van der Waals surface area contributed by atoms with Gasteiger partial charge in [-0.15, -0.1) is 0 Å². The van der Waals surface area contributed by atoms with E-state index < -0.39 is 0 Å². The van der Waals surface area contributed by atoms with Crippen LogP contribution < -0.4 is 9.64 Å². The monoisotopic (exact) mass is 396 g/mol. The molecule has 0 radical (unpaired) electrons. The molecule has 0 unspecified atom stereocenters. The van der Waals surface area contributed by atoms with Gasteiger partial charge in [-0.05, 0) is 48.4 Å². The van der Waals surface area contributed by atoms with Crippen LogP contribution in [0.1, 0.15) is 44.1 Å². The van der Waals surface area contributed by atoms with Gasteiger partial charge in [0.1, 0.15) is 17.6 Å². The summed E-state index contributed by atoms with van der Waals surface area (Å²) >= 11 is 0. The third-order valence-electron chi connectivity index (χ3n) is 5.94. The molecule has 1 fully saturated rings. The van der Waals surface area contributed by atoms with Crippen LogP contribution in [0.3, 0.4) is 0 Å². The normalized spacial score (nSPS) is 27.0. The van der Waals surface area contributed by atoms with Crippen molar-refractivity contribution in [3.05, 3.63) is 54.0 Å². The number of hydrogen-bond acceptors (Lipinski definition) is 4. The summed E-state index contributed by atoms with van der Waals surface area (Å²) in [7, 11) is 1.65. The number of nitrogens with zero attached hydrogens (tertiary/aromatic N) is 2. The number of carbonyl (C=O) groups excluding carboxylic acids is 1.